The predicted octanol–water partition coefficient (Wildman–Crippen LogP) is 2.36. The van der Waals surface area contributed by atoms with Gasteiger partial charge in [0.1, 0.15) is 5.60 Å². The van der Waals surface area contributed by atoms with Crippen LogP contribution in [0.15, 0.2) is 5.10 Å². The fraction of sp³-hybridized carbons (Fsp3) is 0.786. The average Bonchev–Trinajstić information content (AvgIpc) is 2.71. The summed E-state index contributed by atoms with van der Waals surface area (Å²) in [7, 11) is 0. The first kappa shape index (κ1) is 19.4. The first-order valence-electron chi connectivity index (χ1n) is 7.25. The van der Waals surface area contributed by atoms with Crippen molar-refractivity contribution in [3.63, 3.8) is 0 Å². The van der Waals surface area contributed by atoms with Gasteiger partial charge >= 0.3 is 18.1 Å². The summed E-state index contributed by atoms with van der Waals surface area (Å²) < 4.78 is 44.3. The molecule has 0 bridgehead atoms. The van der Waals surface area contributed by atoms with E-state index in [0.29, 0.717) is 12.8 Å². The van der Waals surface area contributed by atoms with E-state index in [2.05, 4.69) is 5.10 Å². The van der Waals surface area contributed by atoms with Gasteiger partial charge in [-0.25, -0.2) is 4.79 Å². The third kappa shape index (κ3) is 4.43. The van der Waals surface area contributed by atoms with Crippen molar-refractivity contribution in [3.8, 4) is 0 Å². The Morgan fingerprint density at radius 2 is 1.91 bits per heavy atom. The minimum absolute atomic E-state index is 0.0172. The number of alkyl halides is 3. The zero-order chi connectivity index (χ0) is 18.1. The molecule has 6 nitrogen and oxygen atoms in total. The number of hydrazone groups is 1. The topological polar surface area (TPSA) is 79.2 Å². The van der Waals surface area contributed by atoms with Gasteiger partial charge in [-0.2, -0.15) is 23.3 Å². The summed E-state index contributed by atoms with van der Waals surface area (Å²) in [5, 5.41) is 13.3. The second-order valence-corrected chi connectivity index (χ2v) is 6.38. The third-order valence-electron chi connectivity index (χ3n) is 3.08. The van der Waals surface area contributed by atoms with Crippen LogP contribution < -0.4 is 0 Å². The standard InChI is InChI=1S/C14H21F3N2O4/c1-5-6-7-9-8-13(22,14(15,16)17)19(18-9)10(20)11(21)23-12(2,3)4/h22H,5-8H2,1-4H3/t13-/m1/s1. The van der Waals surface area contributed by atoms with E-state index in [4.69, 9.17) is 4.74 Å². The van der Waals surface area contributed by atoms with E-state index < -0.39 is 35.8 Å². The zero-order valence-electron chi connectivity index (χ0n) is 13.5. The summed E-state index contributed by atoms with van der Waals surface area (Å²) in [4.78, 5) is 23.7. The van der Waals surface area contributed by atoms with Gasteiger partial charge < -0.3 is 9.84 Å². The molecular weight excluding hydrogens is 317 g/mol. The molecule has 1 aliphatic heterocycles. The van der Waals surface area contributed by atoms with Crippen LogP contribution in [0.4, 0.5) is 13.2 Å². The molecule has 0 aromatic carbocycles. The van der Waals surface area contributed by atoms with Gasteiger partial charge in [0.25, 0.3) is 5.72 Å². The Labute approximate surface area is 132 Å². The van der Waals surface area contributed by atoms with E-state index in [-0.39, 0.29) is 17.1 Å². The Balaban J connectivity index is 3.08. The SMILES string of the molecule is CCCCC1=NN(C(=O)C(=O)OC(C)(C)C)[C@](O)(C(F)(F)F)C1. The van der Waals surface area contributed by atoms with Crippen molar-refractivity contribution in [2.75, 3.05) is 0 Å². The molecule has 1 atom stereocenters. The lowest BCUT2D eigenvalue weighted by Crippen LogP contribution is -2.58. The fourth-order valence-corrected chi connectivity index (χ4v) is 1.98. The molecule has 1 amide bonds. The second kappa shape index (κ2) is 6.46. The first-order chi connectivity index (χ1) is 10.3. The highest BCUT2D eigenvalue weighted by Gasteiger charge is 2.64. The molecule has 0 saturated carbocycles. The molecule has 0 aromatic rings. The highest BCUT2D eigenvalue weighted by atomic mass is 19.4. The van der Waals surface area contributed by atoms with Crippen molar-refractivity contribution >= 4 is 17.6 Å². The third-order valence-corrected chi connectivity index (χ3v) is 3.08. The molecular formula is C14H21F3N2O4. The minimum atomic E-state index is -5.15. The number of rotatable bonds is 3. The number of carbonyl (C=O) groups excluding carboxylic acids is 2. The van der Waals surface area contributed by atoms with Gasteiger partial charge in [0.15, 0.2) is 0 Å². The molecule has 0 aliphatic carbocycles. The largest absolute Gasteiger partial charge is 0.453 e. The molecule has 0 saturated heterocycles. The number of carbonyl (C=O) groups is 2. The van der Waals surface area contributed by atoms with Crippen LogP contribution in [0.5, 0.6) is 0 Å². The number of amides is 1. The lowest BCUT2D eigenvalue weighted by atomic mass is 10.0. The summed E-state index contributed by atoms with van der Waals surface area (Å²) in [5.74, 6) is -3.15. The molecule has 0 spiro atoms. The van der Waals surface area contributed by atoms with Gasteiger partial charge in [0, 0.05) is 12.1 Å². The number of aliphatic hydroxyl groups is 1. The van der Waals surface area contributed by atoms with E-state index in [1.165, 1.54) is 20.8 Å². The Bertz CT molecular complexity index is 511. The van der Waals surface area contributed by atoms with Gasteiger partial charge in [-0.05, 0) is 33.6 Å². The maximum atomic E-state index is 13.2. The Kier molecular flexibility index (Phi) is 5.45. The quantitative estimate of drug-likeness (QED) is 0.633. The number of unbranched alkanes of at least 4 members (excludes halogenated alkanes) is 1. The van der Waals surface area contributed by atoms with Crippen LogP contribution in [-0.2, 0) is 14.3 Å². The van der Waals surface area contributed by atoms with Crippen molar-refractivity contribution in [3.05, 3.63) is 0 Å². The van der Waals surface area contributed by atoms with Crippen LogP contribution in [-0.4, -0.2) is 45.2 Å². The van der Waals surface area contributed by atoms with Crippen LogP contribution in [0.2, 0.25) is 0 Å². The van der Waals surface area contributed by atoms with E-state index in [9.17, 15) is 27.9 Å². The molecule has 132 valence electrons. The van der Waals surface area contributed by atoms with Crippen LogP contribution in [0.25, 0.3) is 0 Å². The van der Waals surface area contributed by atoms with Gasteiger partial charge in [-0.3, -0.25) is 4.79 Å². The van der Waals surface area contributed by atoms with Crippen molar-refractivity contribution in [1.29, 1.82) is 0 Å². The molecule has 0 fully saturated rings. The van der Waals surface area contributed by atoms with Crippen molar-refractivity contribution in [2.24, 2.45) is 5.10 Å². The van der Waals surface area contributed by atoms with E-state index in [1.54, 1.807) is 0 Å². The van der Waals surface area contributed by atoms with Gasteiger partial charge in [-0.1, -0.05) is 13.3 Å². The van der Waals surface area contributed by atoms with E-state index >= 15 is 0 Å². The van der Waals surface area contributed by atoms with Crippen molar-refractivity contribution in [1.82, 2.24) is 5.01 Å². The monoisotopic (exact) mass is 338 g/mol. The lowest BCUT2D eigenvalue weighted by molar-refractivity contribution is -0.302. The average molecular weight is 338 g/mol. The van der Waals surface area contributed by atoms with Crippen molar-refractivity contribution in [2.45, 2.75) is 70.9 Å². The highest BCUT2D eigenvalue weighted by Crippen LogP contribution is 2.41. The lowest BCUT2D eigenvalue weighted by Gasteiger charge is -2.32. The summed E-state index contributed by atoms with van der Waals surface area (Å²) in [6.07, 6.45) is -4.55. The molecule has 23 heavy (non-hydrogen) atoms. The number of halogens is 3. The maximum absolute atomic E-state index is 13.2. The molecule has 1 N–H and O–H groups in total. The molecule has 1 heterocycles. The smallest absolute Gasteiger partial charge is 0.438 e. The maximum Gasteiger partial charge on any atom is 0.438 e. The van der Waals surface area contributed by atoms with E-state index in [1.807, 2.05) is 6.92 Å². The summed E-state index contributed by atoms with van der Waals surface area (Å²) >= 11 is 0. The first-order valence-corrected chi connectivity index (χ1v) is 7.25. The number of nitrogens with zero attached hydrogens (tertiary/aromatic N) is 2. The summed E-state index contributed by atoms with van der Waals surface area (Å²) in [6.45, 7) is 6.24. The number of hydrogen-bond donors (Lipinski definition) is 1. The Morgan fingerprint density at radius 3 is 2.35 bits per heavy atom. The van der Waals surface area contributed by atoms with Crippen LogP contribution in [0.1, 0.15) is 53.4 Å². The Hall–Kier alpha value is -1.64. The van der Waals surface area contributed by atoms with Crippen LogP contribution in [0, 0.1) is 0 Å². The number of ether oxygens (including phenoxy) is 1. The van der Waals surface area contributed by atoms with Crippen LogP contribution >= 0.6 is 0 Å². The summed E-state index contributed by atoms with van der Waals surface area (Å²) in [6, 6.07) is 0. The van der Waals surface area contributed by atoms with Crippen molar-refractivity contribution < 1.29 is 32.6 Å². The normalized spacial score (nSPS) is 22.1. The van der Waals surface area contributed by atoms with E-state index in [0.717, 1.165) is 0 Å². The minimum Gasteiger partial charge on any atom is -0.453 e. The van der Waals surface area contributed by atoms with Crippen LogP contribution in [0.3, 0.4) is 0 Å². The molecule has 9 heteroatoms. The van der Waals surface area contributed by atoms with Gasteiger partial charge in [0.2, 0.25) is 0 Å². The molecule has 0 radical (unpaired) electrons. The van der Waals surface area contributed by atoms with Gasteiger partial charge in [0.05, 0.1) is 0 Å². The molecule has 0 aromatic heterocycles. The van der Waals surface area contributed by atoms with Gasteiger partial charge in [-0.15, -0.1) is 0 Å². The predicted molar refractivity (Wildman–Crippen MR) is 75.3 cm³/mol. The molecule has 1 aliphatic rings. The Morgan fingerprint density at radius 1 is 1.35 bits per heavy atom. The number of esters is 1. The second-order valence-electron chi connectivity index (χ2n) is 6.38. The fourth-order valence-electron chi connectivity index (χ4n) is 1.98. The molecule has 1 rings (SSSR count). The summed E-state index contributed by atoms with van der Waals surface area (Å²) in [5.41, 5.74) is -4.56. The number of hydrogen-bond acceptors (Lipinski definition) is 5. The highest BCUT2D eigenvalue weighted by molar-refractivity contribution is 6.32. The molecule has 0 unspecified atom stereocenters. The zero-order valence-corrected chi connectivity index (χ0v) is 13.5.